The van der Waals surface area contributed by atoms with Crippen molar-refractivity contribution in [1.82, 2.24) is 24.4 Å². The third kappa shape index (κ3) is 5.24. The van der Waals surface area contributed by atoms with Crippen molar-refractivity contribution >= 4 is 40.0 Å². The molecule has 2 aromatic heterocycles. The lowest BCUT2D eigenvalue weighted by molar-refractivity contribution is -0.111. The van der Waals surface area contributed by atoms with Gasteiger partial charge in [-0.3, -0.25) is 14.2 Å². The molecule has 0 unspecified atom stereocenters. The number of hydrogen-bond donors (Lipinski definition) is 3. The minimum Gasteiger partial charge on any atom is -0.388 e. The summed E-state index contributed by atoms with van der Waals surface area (Å²) in [6, 6.07) is 9.46. The van der Waals surface area contributed by atoms with Crippen LogP contribution in [0.1, 0.15) is 5.82 Å². The number of carbonyl (C=O) groups is 1. The lowest BCUT2D eigenvalue weighted by Crippen LogP contribution is -2.44. The first-order chi connectivity index (χ1) is 19.3. The lowest BCUT2D eigenvalue weighted by Gasteiger charge is -2.34. The normalized spacial score (nSPS) is 13.8. The van der Waals surface area contributed by atoms with Gasteiger partial charge in [0.1, 0.15) is 17.8 Å². The Morgan fingerprint density at radius 2 is 1.90 bits per heavy atom. The van der Waals surface area contributed by atoms with E-state index in [4.69, 9.17) is 0 Å². The maximum absolute atomic E-state index is 15.1. The lowest BCUT2D eigenvalue weighted by atomic mass is 10.2. The van der Waals surface area contributed by atoms with Crippen LogP contribution in [0.3, 0.4) is 0 Å². The van der Waals surface area contributed by atoms with Crippen molar-refractivity contribution in [2.75, 3.05) is 48.8 Å². The Morgan fingerprint density at radius 1 is 1.12 bits per heavy atom. The molecule has 11 nitrogen and oxygen atoms in total. The number of rotatable bonds is 7. The van der Waals surface area contributed by atoms with E-state index in [2.05, 4.69) is 37.1 Å². The topological polar surface area (TPSA) is 129 Å². The Bertz CT molecular complexity index is 1670. The van der Waals surface area contributed by atoms with E-state index in [9.17, 15) is 14.7 Å². The molecule has 0 radical (unpaired) electrons. The first-order valence-electron chi connectivity index (χ1n) is 12.4. The molecule has 40 heavy (non-hydrogen) atoms. The largest absolute Gasteiger partial charge is 0.388 e. The Morgan fingerprint density at radius 3 is 2.62 bits per heavy atom. The Hall–Kier alpha value is -4.75. The molecule has 3 N–H and O–H groups in total. The maximum atomic E-state index is 15.1. The molecule has 1 aliphatic heterocycles. The summed E-state index contributed by atoms with van der Waals surface area (Å²) in [6.07, 6.45) is 2.33. The molecule has 5 rings (SSSR count). The number of piperazine rings is 1. The summed E-state index contributed by atoms with van der Waals surface area (Å²) >= 11 is 0. The highest BCUT2D eigenvalue weighted by molar-refractivity contribution is 5.99. The van der Waals surface area contributed by atoms with Crippen molar-refractivity contribution in [1.29, 1.82) is 0 Å². The van der Waals surface area contributed by atoms with Crippen LogP contribution in [-0.2, 0) is 11.4 Å². The number of nitrogens with one attached hydrogen (secondary N) is 2. The van der Waals surface area contributed by atoms with Gasteiger partial charge < -0.3 is 25.5 Å². The first-order valence-corrected chi connectivity index (χ1v) is 12.4. The Labute approximate surface area is 227 Å². The second kappa shape index (κ2) is 11.2. The highest BCUT2D eigenvalue weighted by Crippen LogP contribution is 2.29. The van der Waals surface area contributed by atoms with Crippen LogP contribution in [0.5, 0.6) is 0 Å². The number of halogens is 2. The third-order valence-corrected chi connectivity index (χ3v) is 6.55. The van der Waals surface area contributed by atoms with Gasteiger partial charge in [0.2, 0.25) is 11.9 Å². The van der Waals surface area contributed by atoms with E-state index in [1.807, 2.05) is 7.05 Å². The average molecular weight is 549 g/mol. The molecular formula is C27H26F2N8O3. The van der Waals surface area contributed by atoms with Crippen LogP contribution in [0.2, 0.25) is 0 Å². The van der Waals surface area contributed by atoms with Gasteiger partial charge in [0.25, 0.3) is 5.56 Å². The summed E-state index contributed by atoms with van der Waals surface area (Å²) in [6.45, 7) is 5.45. The van der Waals surface area contributed by atoms with Crippen molar-refractivity contribution in [3.63, 3.8) is 0 Å². The fourth-order valence-corrected chi connectivity index (χ4v) is 4.45. The smallest absolute Gasteiger partial charge is 0.284 e. The molecule has 0 saturated carbocycles. The summed E-state index contributed by atoms with van der Waals surface area (Å²) in [5.41, 5.74) is 0.210. The molecule has 13 heteroatoms. The molecule has 2 aromatic carbocycles. The molecule has 3 heterocycles. The molecule has 4 aromatic rings. The summed E-state index contributed by atoms with van der Waals surface area (Å²) in [7, 11) is 1.97. The predicted molar refractivity (Wildman–Crippen MR) is 147 cm³/mol. The monoisotopic (exact) mass is 548 g/mol. The highest BCUT2D eigenvalue weighted by Gasteiger charge is 2.22. The van der Waals surface area contributed by atoms with E-state index < -0.39 is 29.7 Å². The predicted octanol–water partition coefficient (Wildman–Crippen LogP) is 2.57. The maximum Gasteiger partial charge on any atom is 0.284 e. The number of aromatic nitrogens is 4. The van der Waals surface area contributed by atoms with Crippen molar-refractivity contribution in [2.24, 2.45) is 0 Å². The Balaban J connectivity index is 1.54. The molecule has 1 saturated heterocycles. The van der Waals surface area contributed by atoms with Gasteiger partial charge in [-0.15, -0.1) is 0 Å². The molecule has 1 fully saturated rings. The van der Waals surface area contributed by atoms with E-state index in [0.29, 0.717) is 24.5 Å². The summed E-state index contributed by atoms with van der Waals surface area (Å²) in [5.74, 6) is -2.64. The molecule has 0 atom stereocenters. The summed E-state index contributed by atoms with van der Waals surface area (Å²) in [4.78, 5) is 40.8. The van der Waals surface area contributed by atoms with Gasteiger partial charge in [0.05, 0.1) is 17.1 Å². The summed E-state index contributed by atoms with van der Waals surface area (Å²) < 4.78 is 31.6. The quantitative estimate of drug-likeness (QED) is 0.299. The fraction of sp³-hybridized carbons (Fsp3) is 0.222. The van der Waals surface area contributed by atoms with Gasteiger partial charge in [-0.25, -0.2) is 13.8 Å². The van der Waals surface area contributed by atoms with Crippen molar-refractivity contribution in [3.05, 3.63) is 83.1 Å². The van der Waals surface area contributed by atoms with Crippen LogP contribution in [0.4, 0.5) is 31.8 Å². The van der Waals surface area contributed by atoms with E-state index >= 15 is 8.78 Å². The highest BCUT2D eigenvalue weighted by atomic mass is 19.2. The zero-order valence-corrected chi connectivity index (χ0v) is 21.6. The van der Waals surface area contributed by atoms with Gasteiger partial charge in [0.15, 0.2) is 17.3 Å². The number of amides is 1. The van der Waals surface area contributed by atoms with Gasteiger partial charge in [-0.1, -0.05) is 12.6 Å². The number of likely N-dealkylation sites (N-methyl/N-ethyl adjacent to an activating group) is 1. The van der Waals surface area contributed by atoms with Crippen LogP contribution >= 0.6 is 0 Å². The van der Waals surface area contributed by atoms with Crippen LogP contribution in [0.15, 0.2) is 60.0 Å². The number of carbonyl (C=O) groups excluding carboxylic acids is 1. The van der Waals surface area contributed by atoms with Crippen molar-refractivity contribution in [3.8, 4) is 5.69 Å². The fourth-order valence-electron chi connectivity index (χ4n) is 4.45. The number of hydrogen-bond acceptors (Lipinski definition) is 9. The van der Waals surface area contributed by atoms with E-state index in [0.717, 1.165) is 19.2 Å². The first kappa shape index (κ1) is 26.8. The average Bonchev–Trinajstić information content (AvgIpc) is 2.96. The minimum absolute atomic E-state index is 0.0249. The molecule has 1 aliphatic rings. The van der Waals surface area contributed by atoms with Gasteiger partial charge in [-0.2, -0.15) is 9.97 Å². The molecular weight excluding hydrogens is 522 g/mol. The number of anilines is 4. The third-order valence-electron chi connectivity index (χ3n) is 6.55. The van der Waals surface area contributed by atoms with Crippen molar-refractivity contribution in [2.45, 2.75) is 6.61 Å². The van der Waals surface area contributed by atoms with Crippen LogP contribution in [0, 0.1) is 11.6 Å². The van der Waals surface area contributed by atoms with E-state index in [1.54, 1.807) is 29.2 Å². The SMILES string of the molecule is C=CC(=O)Nc1cccc(-n2c(CO)nc(=O)c3cnc(Nc4ccc(N5CCN(C)CC5)c(F)c4F)nc32)c1. The molecule has 1 amide bonds. The number of aliphatic hydroxyl groups is 1. The Kier molecular flexibility index (Phi) is 7.49. The molecule has 206 valence electrons. The van der Waals surface area contributed by atoms with Crippen LogP contribution in [0.25, 0.3) is 16.7 Å². The minimum atomic E-state index is -1.09. The number of fused-ring (bicyclic) bond motifs is 1. The number of benzene rings is 2. The number of nitrogens with zero attached hydrogens (tertiary/aromatic N) is 6. The van der Waals surface area contributed by atoms with Gasteiger partial charge in [-0.05, 0) is 43.5 Å². The van der Waals surface area contributed by atoms with Gasteiger partial charge >= 0.3 is 0 Å². The van der Waals surface area contributed by atoms with Crippen LogP contribution in [-0.4, -0.2) is 68.7 Å². The van der Waals surface area contributed by atoms with Gasteiger partial charge in [0, 0.05) is 38.1 Å². The van der Waals surface area contributed by atoms with E-state index in [1.165, 1.54) is 22.9 Å². The zero-order valence-electron chi connectivity index (χ0n) is 21.6. The van der Waals surface area contributed by atoms with Crippen molar-refractivity contribution < 1.29 is 18.7 Å². The summed E-state index contributed by atoms with van der Waals surface area (Å²) in [5, 5.41) is 15.3. The molecule has 0 spiro atoms. The number of aliphatic hydroxyl groups excluding tert-OH is 1. The van der Waals surface area contributed by atoms with Crippen LogP contribution < -0.4 is 21.1 Å². The second-order valence-corrected chi connectivity index (χ2v) is 9.18. The zero-order chi connectivity index (χ0) is 28.4. The standard InChI is InChI=1S/C27H26F2N8O3/c1-3-22(39)31-16-5-4-6-17(13-16)37-21(15-38)33-26(40)18-14-30-27(34-25(18)37)32-19-7-8-20(24(29)23(19)28)36-11-9-35(2)10-12-36/h3-8,13-14,38H,1,9-12,15H2,2H3,(H,31,39)(H,30,32,34). The molecule has 0 bridgehead atoms. The second-order valence-electron chi connectivity index (χ2n) is 9.18. The molecule has 0 aliphatic carbocycles. The van der Waals surface area contributed by atoms with E-state index in [-0.39, 0.29) is 34.2 Å².